The zero-order valence-electron chi connectivity index (χ0n) is 4.22. The van der Waals surface area contributed by atoms with E-state index in [0.717, 1.165) is 43.5 Å². The second-order valence-electron chi connectivity index (χ2n) is 2.28. The van der Waals surface area contributed by atoms with Crippen LogP contribution in [0, 0.1) is 0 Å². The van der Waals surface area contributed by atoms with Crippen LogP contribution in [0.1, 0.15) is 0 Å². The molecule has 0 saturated heterocycles. The van der Waals surface area contributed by atoms with Crippen LogP contribution in [-0.2, 0) is 0 Å². The van der Waals surface area contributed by atoms with Gasteiger partial charge in [-0.2, -0.15) is 0 Å². The summed E-state index contributed by atoms with van der Waals surface area (Å²) in [4.78, 5) is 0. The summed E-state index contributed by atoms with van der Waals surface area (Å²) in [6.07, 6.45) is 0. The number of rotatable bonds is 0. The van der Waals surface area contributed by atoms with Crippen molar-refractivity contribution >= 4 is 69.1 Å². The summed E-state index contributed by atoms with van der Waals surface area (Å²) in [5.74, 6) is 0. The molecule has 0 amide bonds. The van der Waals surface area contributed by atoms with Crippen molar-refractivity contribution < 1.29 is 0 Å². The van der Waals surface area contributed by atoms with Gasteiger partial charge in [-0.15, -0.1) is 0 Å². The second kappa shape index (κ2) is 1.12. The Morgan fingerprint density at radius 2 is 0.667 bits per heavy atom. The Morgan fingerprint density at radius 1 is 0.444 bits per heavy atom. The van der Waals surface area contributed by atoms with Crippen molar-refractivity contribution in [1.29, 1.82) is 0 Å². The zero-order chi connectivity index (χ0) is 5.59. The van der Waals surface area contributed by atoms with E-state index in [2.05, 4.69) is 0 Å². The van der Waals surface area contributed by atoms with Crippen molar-refractivity contribution in [1.82, 2.24) is 0 Å². The van der Waals surface area contributed by atoms with Crippen molar-refractivity contribution in [3.63, 3.8) is 0 Å². The molecule has 0 radical (unpaired) electrons. The van der Waals surface area contributed by atoms with E-state index in [9.17, 15) is 0 Å². The summed E-state index contributed by atoms with van der Waals surface area (Å²) in [5.41, 5.74) is 0. The zero-order valence-corrected chi connectivity index (χ0v) is 9.36. The number of fused-ring (bicyclic) bond motifs is 6. The molecular weight excluding hydrogens is 309 g/mol. The summed E-state index contributed by atoms with van der Waals surface area (Å²) in [7, 11) is 0. The van der Waals surface area contributed by atoms with Gasteiger partial charge in [-0.1, -0.05) is 0 Å². The Balaban J connectivity index is 2.75. The predicted octanol–water partition coefficient (Wildman–Crippen LogP) is 0.631. The van der Waals surface area contributed by atoms with Gasteiger partial charge in [0.15, 0.2) is 0 Å². The first-order valence-electron chi connectivity index (χ1n) is 2.72. The molecule has 3 heteroatoms. The fourth-order valence-electron chi connectivity index (χ4n) is 1.13. The van der Waals surface area contributed by atoms with Crippen LogP contribution in [0.15, 0.2) is 0 Å². The molecule has 4 aromatic rings. The van der Waals surface area contributed by atoms with E-state index in [0.29, 0.717) is 0 Å². The van der Waals surface area contributed by atoms with E-state index in [1.807, 2.05) is 25.6 Å². The molecule has 0 saturated carbocycles. The predicted molar refractivity (Wildman–Crippen MR) is 43.3 cm³/mol. The minimum atomic E-state index is 0.897. The van der Waals surface area contributed by atoms with Crippen molar-refractivity contribution in [2.75, 3.05) is 0 Å². The fraction of sp³-hybridized carbons (Fsp3) is 0. The van der Waals surface area contributed by atoms with Gasteiger partial charge in [-0.25, -0.2) is 0 Å². The number of benzene rings is 1. The van der Waals surface area contributed by atoms with Gasteiger partial charge >= 0.3 is 69.1 Å². The van der Waals surface area contributed by atoms with E-state index < -0.39 is 0 Å². The number of hydrogen-bond donors (Lipinski definition) is 0. The maximum absolute atomic E-state index is 1.84. The standard InChI is InChI=1S/C6Se3/c7-1-2(7)4-6(9-4)5-3(1)8-5. The molecule has 4 rings (SSSR count). The number of hydrogen-bond acceptors (Lipinski definition) is 0. The van der Waals surface area contributed by atoms with Gasteiger partial charge in [0, 0.05) is 0 Å². The average Bonchev–Trinajstić information content (AvgIpc) is 2.64. The van der Waals surface area contributed by atoms with Crippen molar-refractivity contribution in [3.05, 3.63) is 0 Å². The molecule has 0 N–H and O–H groups in total. The first-order valence-corrected chi connectivity index (χ1v) is 7.86. The quantitative estimate of drug-likeness (QED) is 0.418. The SMILES string of the molecule is [se]1c2c3[se]c3c3[se]c3c12. The Kier molecular flexibility index (Phi) is 0.574. The molecule has 0 fully saturated rings. The average molecular weight is 309 g/mol. The molecule has 0 spiro atoms. The van der Waals surface area contributed by atoms with Crippen LogP contribution in [0.3, 0.4) is 0 Å². The summed E-state index contributed by atoms with van der Waals surface area (Å²) in [6.45, 7) is 0. The van der Waals surface area contributed by atoms with Crippen LogP contribution in [0.2, 0.25) is 0 Å². The van der Waals surface area contributed by atoms with Crippen molar-refractivity contribution in [2.24, 2.45) is 0 Å². The van der Waals surface area contributed by atoms with Crippen LogP contribution >= 0.6 is 0 Å². The molecule has 0 aliphatic heterocycles. The topological polar surface area (TPSA) is 0 Å². The molecule has 0 aliphatic rings. The molecule has 3 heterocycles. The van der Waals surface area contributed by atoms with Crippen LogP contribution in [0.4, 0.5) is 0 Å². The third-order valence-corrected chi connectivity index (χ3v) is 10.1. The molecule has 3 aromatic heterocycles. The van der Waals surface area contributed by atoms with Crippen molar-refractivity contribution in [2.45, 2.75) is 0 Å². The van der Waals surface area contributed by atoms with Gasteiger partial charge in [-0.05, 0) is 0 Å². The molecule has 0 nitrogen and oxygen atoms in total. The third-order valence-electron chi connectivity index (χ3n) is 1.72. The fourth-order valence-corrected chi connectivity index (χ4v) is 10.5. The minimum absolute atomic E-state index is 0.897. The summed E-state index contributed by atoms with van der Waals surface area (Å²) < 4.78 is 11.1. The first-order chi connectivity index (χ1) is 4.45. The van der Waals surface area contributed by atoms with Gasteiger partial charge in [0.25, 0.3) is 0 Å². The van der Waals surface area contributed by atoms with Crippen LogP contribution in [0.5, 0.6) is 0 Å². The Hall–Kier alpha value is 0.778. The van der Waals surface area contributed by atoms with Gasteiger partial charge in [-0.3, -0.25) is 0 Å². The summed E-state index contributed by atoms with van der Waals surface area (Å²) >= 11 is 2.69. The second-order valence-corrected chi connectivity index (χ2v) is 8.70. The van der Waals surface area contributed by atoms with Gasteiger partial charge in [0.05, 0.1) is 0 Å². The monoisotopic (exact) mass is 312 g/mol. The van der Waals surface area contributed by atoms with E-state index in [1.54, 1.807) is 0 Å². The molecule has 42 valence electrons. The Labute approximate surface area is 68.7 Å². The first kappa shape index (κ1) is 4.61. The van der Waals surface area contributed by atoms with Crippen LogP contribution < -0.4 is 0 Å². The maximum atomic E-state index is 1.84. The van der Waals surface area contributed by atoms with E-state index in [4.69, 9.17) is 0 Å². The molecule has 9 heavy (non-hydrogen) atoms. The molecule has 0 aliphatic carbocycles. The van der Waals surface area contributed by atoms with E-state index in [-0.39, 0.29) is 0 Å². The normalized spacial score (nSPS) is 14.7. The van der Waals surface area contributed by atoms with E-state index in [1.165, 1.54) is 0 Å². The summed E-state index contributed by atoms with van der Waals surface area (Å²) in [6, 6.07) is 0. The Bertz CT molecular complexity index is 395. The van der Waals surface area contributed by atoms with Gasteiger partial charge in [0.1, 0.15) is 0 Å². The molecule has 0 unspecified atom stereocenters. The van der Waals surface area contributed by atoms with Crippen molar-refractivity contribution in [3.8, 4) is 0 Å². The molecule has 1 aromatic carbocycles. The molecule has 0 atom stereocenters. The van der Waals surface area contributed by atoms with Crippen LogP contribution in [0.25, 0.3) is 25.6 Å². The summed E-state index contributed by atoms with van der Waals surface area (Å²) in [5, 5.41) is 0. The molecular formula is C6Se3. The Morgan fingerprint density at radius 3 is 0.889 bits per heavy atom. The third kappa shape index (κ3) is 0.426. The van der Waals surface area contributed by atoms with Gasteiger partial charge < -0.3 is 0 Å². The van der Waals surface area contributed by atoms with E-state index >= 15 is 0 Å². The van der Waals surface area contributed by atoms with Gasteiger partial charge in [0.2, 0.25) is 0 Å². The van der Waals surface area contributed by atoms with Crippen LogP contribution in [-0.4, -0.2) is 43.5 Å². The molecule has 0 bridgehead atoms.